The molecule has 0 atom stereocenters. The number of fused-ring (bicyclic) bond motifs is 1. The number of aryl methyl sites for hydroxylation is 1. The maximum Gasteiger partial charge on any atom is 0.254 e. The van der Waals surface area contributed by atoms with Gasteiger partial charge in [0.2, 0.25) is 10.0 Å². The number of hydrogen-bond acceptors (Lipinski definition) is 5. The van der Waals surface area contributed by atoms with Crippen molar-refractivity contribution in [1.82, 2.24) is 9.21 Å². The van der Waals surface area contributed by atoms with Gasteiger partial charge in [-0.15, -0.1) is 0 Å². The largest absolute Gasteiger partial charge is 0.492 e. The van der Waals surface area contributed by atoms with Gasteiger partial charge in [0, 0.05) is 37.3 Å². The smallest absolute Gasteiger partial charge is 0.254 e. The van der Waals surface area contributed by atoms with Crippen LogP contribution in [0.2, 0.25) is 0 Å². The van der Waals surface area contributed by atoms with Crippen LogP contribution in [0.5, 0.6) is 5.75 Å². The zero-order valence-electron chi connectivity index (χ0n) is 17.0. The van der Waals surface area contributed by atoms with E-state index in [1.165, 1.54) is 4.31 Å². The molecule has 2 aromatic carbocycles. The number of rotatable bonds is 4. The molecule has 0 N–H and O–H groups in total. The third kappa shape index (κ3) is 4.08. The molecular weight excluding hydrogens is 404 g/mol. The highest BCUT2D eigenvalue weighted by molar-refractivity contribution is 7.89. The first-order valence-corrected chi connectivity index (χ1v) is 11.7. The quantitative estimate of drug-likeness (QED) is 0.744. The predicted octanol–water partition coefficient (Wildman–Crippen LogP) is 2.30. The van der Waals surface area contributed by atoms with E-state index in [0.29, 0.717) is 54.5 Å². The Morgan fingerprint density at radius 1 is 1.03 bits per heavy atom. The Morgan fingerprint density at radius 3 is 2.57 bits per heavy atom. The van der Waals surface area contributed by atoms with Crippen LogP contribution in [0, 0.1) is 0 Å². The SMILES string of the molecule is CCc1ccccc1S(=O)(=O)N1CCOc2ccc(C(=O)N3CCOCC3)cc2C1. The Morgan fingerprint density at radius 2 is 1.80 bits per heavy atom. The van der Waals surface area contributed by atoms with Crippen LogP contribution in [-0.2, 0) is 27.7 Å². The van der Waals surface area contributed by atoms with Gasteiger partial charge >= 0.3 is 0 Å². The van der Waals surface area contributed by atoms with Gasteiger partial charge in [-0.05, 0) is 36.2 Å². The molecule has 2 heterocycles. The van der Waals surface area contributed by atoms with Gasteiger partial charge in [0.15, 0.2) is 0 Å². The number of morpholine rings is 1. The van der Waals surface area contributed by atoms with Crippen LogP contribution in [0.4, 0.5) is 0 Å². The molecule has 0 saturated carbocycles. The molecule has 1 amide bonds. The topological polar surface area (TPSA) is 76.2 Å². The number of nitrogens with zero attached hydrogens (tertiary/aromatic N) is 2. The molecule has 2 aromatic rings. The van der Waals surface area contributed by atoms with Gasteiger partial charge in [0.25, 0.3) is 5.91 Å². The van der Waals surface area contributed by atoms with E-state index in [-0.39, 0.29) is 25.6 Å². The van der Waals surface area contributed by atoms with Crippen LogP contribution in [0.3, 0.4) is 0 Å². The highest BCUT2D eigenvalue weighted by Crippen LogP contribution is 2.29. The van der Waals surface area contributed by atoms with Crippen molar-refractivity contribution in [3.63, 3.8) is 0 Å². The number of carbonyl (C=O) groups is 1. The first-order valence-electron chi connectivity index (χ1n) is 10.2. The van der Waals surface area contributed by atoms with Crippen molar-refractivity contribution in [1.29, 1.82) is 0 Å². The number of sulfonamides is 1. The molecule has 0 unspecified atom stereocenters. The fourth-order valence-corrected chi connectivity index (χ4v) is 5.54. The van der Waals surface area contributed by atoms with Crippen molar-refractivity contribution in [3.05, 3.63) is 59.2 Å². The lowest BCUT2D eigenvalue weighted by Crippen LogP contribution is -2.40. The van der Waals surface area contributed by atoms with Gasteiger partial charge in [0.05, 0.1) is 18.1 Å². The van der Waals surface area contributed by atoms with Crippen molar-refractivity contribution < 1.29 is 22.7 Å². The first-order chi connectivity index (χ1) is 14.5. The number of benzene rings is 2. The van der Waals surface area contributed by atoms with Crippen LogP contribution in [0.15, 0.2) is 47.4 Å². The molecule has 2 aliphatic rings. The van der Waals surface area contributed by atoms with Crippen molar-refractivity contribution in [3.8, 4) is 5.75 Å². The summed E-state index contributed by atoms with van der Waals surface area (Å²) in [5.41, 5.74) is 2.02. The normalized spacial score (nSPS) is 17.7. The molecule has 4 rings (SSSR count). The van der Waals surface area contributed by atoms with Gasteiger partial charge in [-0.2, -0.15) is 4.31 Å². The van der Waals surface area contributed by atoms with Crippen molar-refractivity contribution in [2.24, 2.45) is 0 Å². The van der Waals surface area contributed by atoms with E-state index in [1.807, 2.05) is 19.1 Å². The molecule has 8 heteroatoms. The standard InChI is InChI=1S/C22H26N2O5S/c1-2-17-5-3-4-6-21(17)30(26,27)24-11-14-29-20-8-7-18(15-19(20)16-24)22(25)23-9-12-28-13-10-23/h3-8,15H,2,9-14,16H2,1H3. The number of carbonyl (C=O) groups excluding carboxylic acids is 1. The van der Waals surface area contributed by atoms with Crippen molar-refractivity contribution in [2.45, 2.75) is 24.8 Å². The van der Waals surface area contributed by atoms with Crippen LogP contribution in [-0.4, -0.2) is 63.0 Å². The van der Waals surface area contributed by atoms with Crippen LogP contribution in [0.25, 0.3) is 0 Å². The molecule has 0 bridgehead atoms. The van der Waals surface area contributed by atoms with Gasteiger partial charge in [-0.25, -0.2) is 8.42 Å². The van der Waals surface area contributed by atoms with Crippen molar-refractivity contribution in [2.75, 3.05) is 39.5 Å². The fourth-order valence-electron chi connectivity index (χ4n) is 3.84. The zero-order valence-corrected chi connectivity index (χ0v) is 17.9. The molecular formula is C22H26N2O5S. The van der Waals surface area contributed by atoms with E-state index in [0.717, 1.165) is 5.56 Å². The third-order valence-electron chi connectivity index (χ3n) is 5.52. The summed E-state index contributed by atoms with van der Waals surface area (Å²) < 4.78 is 39.3. The molecule has 7 nitrogen and oxygen atoms in total. The first kappa shape index (κ1) is 20.8. The highest BCUT2D eigenvalue weighted by atomic mass is 32.2. The van der Waals surface area contributed by atoms with Gasteiger partial charge in [0.1, 0.15) is 12.4 Å². The van der Waals surface area contributed by atoms with E-state index in [4.69, 9.17) is 9.47 Å². The van der Waals surface area contributed by atoms with E-state index < -0.39 is 10.0 Å². The molecule has 160 valence electrons. The second kappa shape index (κ2) is 8.75. The lowest BCUT2D eigenvalue weighted by Gasteiger charge is -2.27. The second-order valence-corrected chi connectivity index (χ2v) is 9.28. The Balaban J connectivity index is 1.63. The highest BCUT2D eigenvalue weighted by Gasteiger charge is 2.30. The third-order valence-corrected chi connectivity index (χ3v) is 7.47. The summed E-state index contributed by atoms with van der Waals surface area (Å²) in [6, 6.07) is 12.3. The summed E-state index contributed by atoms with van der Waals surface area (Å²) in [5.74, 6) is 0.547. The average Bonchev–Trinajstić information content (AvgIpc) is 3.01. The van der Waals surface area contributed by atoms with Crippen LogP contribution >= 0.6 is 0 Å². The van der Waals surface area contributed by atoms with E-state index >= 15 is 0 Å². The Kier molecular flexibility index (Phi) is 6.08. The van der Waals surface area contributed by atoms with Crippen LogP contribution < -0.4 is 4.74 Å². The molecule has 30 heavy (non-hydrogen) atoms. The molecule has 0 aliphatic carbocycles. The summed E-state index contributed by atoms with van der Waals surface area (Å²) in [6.07, 6.45) is 0.633. The number of hydrogen-bond donors (Lipinski definition) is 0. The van der Waals surface area contributed by atoms with Crippen LogP contribution in [0.1, 0.15) is 28.4 Å². The monoisotopic (exact) mass is 430 g/mol. The number of amides is 1. The summed E-state index contributed by atoms with van der Waals surface area (Å²) in [5, 5.41) is 0. The van der Waals surface area contributed by atoms with Gasteiger partial charge in [-0.3, -0.25) is 4.79 Å². The predicted molar refractivity (Wildman–Crippen MR) is 112 cm³/mol. The number of ether oxygens (including phenoxy) is 2. The minimum absolute atomic E-state index is 0.0731. The van der Waals surface area contributed by atoms with E-state index in [9.17, 15) is 13.2 Å². The van der Waals surface area contributed by atoms with E-state index in [2.05, 4.69) is 0 Å². The Hall–Kier alpha value is -2.42. The van der Waals surface area contributed by atoms with Gasteiger partial charge < -0.3 is 14.4 Å². The summed E-state index contributed by atoms with van der Waals surface area (Å²) in [7, 11) is -3.68. The summed E-state index contributed by atoms with van der Waals surface area (Å²) in [6.45, 7) is 4.80. The Labute approximate surface area is 177 Å². The average molecular weight is 431 g/mol. The maximum absolute atomic E-state index is 13.4. The molecule has 0 aromatic heterocycles. The minimum Gasteiger partial charge on any atom is -0.492 e. The molecule has 0 spiro atoms. The molecule has 0 radical (unpaired) electrons. The maximum atomic E-state index is 13.4. The summed E-state index contributed by atoms with van der Waals surface area (Å²) >= 11 is 0. The summed E-state index contributed by atoms with van der Waals surface area (Å²) in [4.78, 5) is 14.9. The zero-order chi connectivity index (χ0) is 21.1. The second-order valence-electron chi connectivity index (χ2n) is 7.38. The lowest BCUT2D eigenvalue weighted by molar-refractivity contribution is 0.0303. The molecule has 1 fully saturated rings. The lowest BCUT2D eigenvalue weighted by atomic mass is 10.1. The van der Waals surface area contributed by atoms with Crippen molar-refractivity contribution >= 4 is 15.9 Å². The molecule has 1 saturated heterocycles. The minimum atomic E-state index is -3.68. The Bertz CT molecular complexity index is 1030. The van der Waals surface area contributed by atoms with Gasteiger partial charge in [-0.1, -0.05) is 25.1 Å². The van der Waals surface area contributed by atoms with E-state index in [1.54, 1.807) is 35.2 Å². The molecule has 2 aliphatic heterocycles. The fraction of sp³-hybridized carbons (Fsp3) is 0.409.